The maximum absolute atomic E-state index is 13.5. The van der Waals surface area contributed by atoms with E-state index >= 15 is 0 Å². The molecule has 0 aliphatic carbocycles. The van der Waals surface area contributed by atoms with Gasteiger partial charge in [0.25, 0.3) is 0 Å². The van der Waals surface area contributed by atoms with Gasteiger partial charge < -0.3 is 9.14 Å². The first-order chi connectivity index (χ1) is 9.13. The molecule has 0 saturated carbocycles. The van der Waals surface area contributed by atoms with Crippen molar-refractivity contribution in [2.24, 2.45) is 0 Å². The fraction of sp³-hybridized carbons (Fsp3) is 0. The molecule has 1 aromatic carbocycles. The Labute approximate surface area is 115 Å². The van der Waals surface area contributed by atoms with Crippen molar-refractivity contribution >= 4 is 21.6 Å². The van der Waals surface area contributed by atoms with Crippen molar-refractivity contribution in [2.45, 2.75) is 0 Å². The Kier molecular flexibility index (Phi) is 2.94. The number of fused-ring (bicyclic) bond motifs is 1. The summed E-state index contributed by atoms with van der Waals surface area (Å²) >= 11 is 3.33. The maximum Gasteiger partial charge on any atom is 0.168 e. The van der Waals surface area contributed by atoms with Crippen LogP contribution in [0.3, 0.4) is 0 Å². The van der Waals surface area contributed by atoms with Crippen molar-refractivity contribution in [3.8, 4) is 11.5 Å². The lowest BCUT2D eigenvalue weighted by Gasteiger charge is -2.09. The van der Waals surface area contributed by atoms with Gasteiger partial charge in [0, 0.05) is 30.7 Å². The predicted molar refractivity (Wildman–Crippen MR) is 69.3 cm³/mol. The van der Waals surface area contributed by atoms with Gasteiger partial charge in [0.05, 0.1) is 4.47 Å². The summed E-state index contributed by atoms with van der Waals surface area (Å²) in [5, 5.41) is 0. The highest BCUT2D eigenvalue weighted by atomic mass is 79.9. The van der Waals surface area contributed by atoms with Gasteiger partial charge in [-0.15, -0.1) is 0 Å². The standard InChI is InChI=1S/C13H7BrF2N2O/c14-9-7-18-4-3-17-13(18)6-12(9)19-11-2-1-8(15)5-10(11)16/h1-7H. The molecule has 6 heteroatoms. The van der Waals surface area contributed by atoms with Crippen molar-refractivity contribution in [3.05, 3.63) is 59.0 Å². The van der Waals surface area contributed by atoms with Gasteiger partial charge in [0.1, 0.15) is 17.2 Å². The molecule has 2 heterocycles. The maximum atomic E-state index is 13.5. The summed E-state index contributed by atoms with van der Waals surface area (Å²) < 4.78 is 34.2. The highest BCUT2D eigenvalue weighted by Gasteiger charge is 2.10. The van der Waals surface area contributed by atoms with E-state index in [-0.39, 0.29) is 5.75 Å². The first-order valence-electron chi connectivity index (χ1n) is 5.38. The van der Waals surface area contributed by atoms with Gasteiger partial charge in [0.15, 0.2) is 11.6 Å². The summed E-state index contributed by atoms with van der Waals surface area (Å²) in [6, 6.07) is 4.82. The minimum atomic E-state index is -0.755. The number of rotatable bonds is 2. The van der Waals surface area contributed by atoms with Crippen molar-refractivity contribution < 1.29 is 13.5 Å². The van der Waals surface area contributed by atoms with Crippen molar-refractivity contribution in [1.29, 1.82) is 0 Å². The van der Waals surface area contributed by atoms with Gasteiger partial charge in [-0.05, 0) is 28.1 Å². The van der Waals surface area contributed by atoms with E-state index < -0.39 is 11.6 Å². The smallest absolute Gasteiger partial charge is 0.168 e. The summed E-state index contributed by atoms with van der Waals surface area (Å²) in [4.78, 5) is 4.11. The van der Waals surface area contributed by atoms with E-state index in [9.17, 15) is 8.78 Å². The monoisotopic (exact) mass is 324 g/mol. The van der Waals surface area contributed by atoms with E-state index in [1.165, 1.54) is 6.07 Å². The molecule has 0 spiro atoms. The molecule has 0 aliphatic heterocycles. The van der Waals surface area contributed by atoms with Gasteiger partial charge in [-0.3, -0.25) is 0 Å². The number of nitrogens with zero attached hydrogens (tertiary/aromatic N) is 2. The lowest BCUT2D eigenvalue weighted by molar-refractivity contribution is 0.435. The quantitative estimate of drug-likeness (QED) is 0.707. The molecule has 0 bridgehead atoms. The summed E-state index contributed by atoms with van der Waals surface area (Å²) in [5.41, 5.74) is 0.667. The lowest BCUT2D eigenvalue weighted by atomic mass is 10.3. The molecule has 0 fully saturated rings. The van der Waals surface area contributed by atoms with Crippen molar-refractivity contribution in [2.75, 3.05) is 0 Å². The second-order valence-corrected chi connectivity index (χ2v) is 4.71. The number of ether oxygens (including phenoxy) is 1. The summed E-state index contributed by atoms with van der Waals surface area (Å²) in [7, 11) is 0. The molecule has 3 rings (SSSR count). The van der Waals surface area contributed by atoms with Crippen LogP contribution in [0.25, 0.3) is 5.65 Å². The van der Waals surface area contributed by atoms with Crippen LogP contribution in [0, 0.1) is 11.6 Å². The van der Waals surface area contributed by atoms with Crippen LogP contribution in [0.15, 0.2) is 47.3 Å². The Morgan fingerprint density at radius 3 is 2.79 bits per heavy atom. The number of hydrogen-bond donors (Lipinski definition) is 0. The van der Waals surface area contributed by atoms with Crippen LogP contribution in [0.5, 0.6) is 11.5 Å². The largest absolute Gasteiger partial charge is 0.453 e. The van der Waals surface area contributed by atoms with Gasteiger partial charge in [-0.1, -0.05) is 0 Å². The Morgan fingerprint density at radius 1 is 1.16 bits per heavy atom. The average molecular weight is 325 g/mol. The van der Waals surface area contributed by atoms with E-state index in [4.69, 9.17) is 4.74 Å². The van der Waals surface area contributed by atoms with E-state index in [0.717, 1.165) is 12.1 Å². The van der Waals surface area contributed by atoms with Gasteiger partial charge in [-0.2, -0.15) is 0 Å². The molecule has 19 heavy (non-hydrogen) atoms. The predicted octanol–water partition coefficient (Wildman–Crippen LogP) is 4.17. The van der Waals surface area contributed by atoms with E-state index in [1.54, 1.807) is 29.1 Å². The molecule has 3 nitrogen and oxygen atoms in total. The highest BCUT2D eigenvalue weighted by Crippen LogP contribution is 2.32. The first-order valence-corrected chi connectivity index (χ1v) is 6.18. The van der Waals surface area contributed by atoms with Crippen LogP contribution in [-0.4, -0.2) is 9.38 Å². The lowest BCUT2D eigenvalue weighted by Crippen LogP contribution is -1.92. The zero-order valence-corrected chi connectivity index (χ0v) is 11.1. The first kappa shape index (κ1) is 12.1. The fourth-order valence-corrected chi connectivity index (χ4v) is 2.09. The Balaban J connectivity index is 2.02. The van der Waals surface area contributed by atoms with E-state index in [1.807, 2.05) is 0 Å². The molecule has 0 saturated heterocycles. The minimum Gasteiger partial charge on any atom is -0.453 e. The zero-order chi connectivity index (χ0) is 13.4. The van der Waals surface area contributed by atoms with E-state index in [2.05, 4.69) is 20.9 Å². The third-order valence-corrected chi connectivity index (χ3v) is 3.16. The number of pyridine rings is 1. The minimum absolute atomic E-state index is 0.0435. The summed E-state index contributed by atoms with van der Waals surface area (Å²) in [5.74, 6) is -1.04. The van der Waals surface area contributed by atoms with Crippen LogP contribution in [0.1, 0.15) is 0 Å². The molecule has 0 N–H and O–H groups in total. The molecule has 0 amide bonds. The molecule has 96 valence electrons. The van der Waals surface area contributed by atoms with E-state index in [0.29, 0.717) is 15.9 Å². The topological polar surface area (TPSA) is 26.5 Å². The summed E-state index contributed by atoms with van der Waals surface area (Å²) in [6.07, 6.45) is 5.17. The number of benzene rings is 1. The SMILES string of the molecule is Fc1ccc(Oc2cc3nccn3cc2Br)c(F)c1. The van der Waals surface area contributed by atoms with Crippen LogP contribution in [-0.2, 0) is 0 Å². The number of imidazole rings is 1. The van der Waals surface area contributed by atoms with Crippen molar-refractivity contribution in [3.63, 3.8) is 0 Å². The second kappa shape index (κ2) is 4.62. The molecule has 0 unspecified atom stereocenters. The molecule has 0 atom stereocenters. The number of aromatic nitrogens is 2. The fourth-order valence-electron chi connectivity index (χ4n) is 1.67. The number of halogens is 3. The molecule has 0 radical (unpaired) electrons. The Hall–Kier alpha value is -1.95. The second-order valence-electron chi connectivity index (χ2n) is 3.86. The average Bonchev–Trinajstić information content (AvgIpc) is 2.80. The van der Waals surface area contributed by atoms with Crippen molar-refractivity contribution in [1.82, 2.24) is 9.38 Å². The normalized spacial score (nSPS) is 10.9. The Morgan fingerprint density at radius 2 is 2.00 bits per heavy atom. The molecular weight excluding hydrogens is 318 g/mol. The van der Waals surface area contributed by atoms with Crippen LogP contribution < -0.4 is 4.74 Å². The molecular formula is C13H7BrF2N2O. The zero-order valence-electron chi connectivity index (χ0n) is 9.48. The van der Waals surface area contributed by atoms with Crippen LogP contribution in [0.2, 0.25) is 0 Å². The van der Waals surface area contributed by atoms with Gasteiger partial charge in [-0.25, -0.2) is 13.8 Å². The van der Waals surface area contributed by atoms with Crippen LogP contribution >= 0.6 is 15.9 Å². The number of hydrogen-bond acceptors (Lipinski definition) is 2. The Bertz CT molecular complexity index is 757. The third kappa shape index (κ3) is 2.31. The third-order valence-electron chi connectivity index (χ3n) is 2.56. The molecule has 2 aromatic heterocycles. The molecule has 0 aliphatic rings. The highest BCUT2D eigenvalue weighted by molar-refractivity contribution is 9.10. The summed E-state index contributed by atoms with van der Waals surface area (Å²) in [6.45, 7) is 0. The van der Waals surface area contributed by atoms with Crippen LogP contribution in [0.4, 0.5) is 8.78 Å². The van der Waals surface area contributed by atoms with Gasteiger partial charge in [0.2, 0.25) is 0 Å². The van der Waals surface area contributed by atoms with Gasteiger partial charge >= 0.3 is 0 Å². The molecule has 3 aromatic rings.